The smallest absolute Gasteiger partial charge is 0.261 e. The molecule has 4 rings (SSSR count). The van der Waals surface area contributed by atoms with Crippen molar-refractivity contribution in [3.8, 4) is 0 Å². The number of rotatable bonds is 3. The number of benzene rings is 2. The van der Waals surface area contributed by atoms with E-state index in [9.17, 15) is 8.42 Å². The van der Waals surface area contributed by atoms with Crippen LogP contribution >= 0.6 is 0 Å². The summed E-state index contributed by atoms with van der Waals surface area (Å²) < 4.78 is 30.1. The van der Waals surface area contributed by atoms with E-state index < -0.39 is 10.0 Å². The molecule has 0 aliphatic heterocycles. The van der Waals surface area contributed by atoms with Gasteiger partial charge in [0.1, 0.15) is 0 Å². The summed E-state index contributed by atoms with van der Waals surface area (Å²) in [6, 6.07) is 20.3. The molecule has 120 valence electrons. The van der Waals surface area contributed by atoms with Crippen LogP contribution in [0.25, 0.3) is 16.4 Å². The molecule has 0 aliphatic carbocycles. The van der Waals surface area contributed by atoms with E-state index in [2.05, 4.69) is 4.72 Å². The Balaban J connectivity index is 1.83. The predicted octanol–water partition coefficient (Wildman–Crippen LogP) is 4.20. The van der Waals surface area contributed by atoms with Gasteiger partial charge in [0.05, 0.1) is 16.1 Å². The van der Waals surface area contributed by atoms with E-state index >= 15 is 0 Å². The van der Waals surface area contributed by atoms with Gasteiger partial charge < -0.3 is 4.40 Å². The zero-order valence-corrected chi connectivity index (χ0v) is 13.9. The topological polar surface area (TPSA) is 50.6 Å². The number of nitrogens with one attached hydrogen (secondary N) is 1. The van der Waals surface area contributed by atoms with Gasteiger partial charge in [-0.2, -0.15) is 0 Å². The average Bonchev–Trinajstić information content (AvgIpc) is 3.04. The molecule has 0 fully saturated rings. The molecule has 24 heavy (non-hydrogen) atoms. The number of hydrogen-bond donors (Lipinski definition) is 1. The number of anilines is 1. The van der Waals surface area contributed by atoms with Gasteiger partial charge in [-0.05, 0) is 55.5 Å². The zero-order valence-electron chi connectivity index (χ0n) is 13.1. The molecular formula is C19H16N2O2S. The maximum absolute atomic E-state index is 12.7. The SMILES string of the molecule is Cc1ccc(S(=O)(=O)Nc2cccc3c2ccc2cccn23)cc1. The highest BCUT2D eigenvalue weighted by atomic mass is 32.2. The van der Waals surface area contributed by atoms with Crippen molar-refractivity contribution in [3.63, 3.8) is 0 Å². The van der Waals surface area contributed by atoms with Gasteiger partial charge in [0.2, 0.25) is 0 Å². The molecule has 2 aromatic carbocycles. The summed E-state index contributed by atoms with van der Waals surface area (Å²) in [4.78, 5) is 0.257. The standard InChI is InChI=1S/C19H16N2O2S/c1-14-7-10-16(11-8-14)24(22,23)20-18-5-2-6-19-17(18)12-9-15-4-3-13-21(15)19/h2-13,20H,1H3. The Morgan fingerprint density at radius 2 is 1.67 bits per heavy atom. The number of nitrogens with zero attached hydrogens (tertiary/aromatic N) is 1. The molecule has 2 aromatic heterocycles. The van der Waals surface area contributed by atoms with Gasteiger partial charge in [-0.15, -0.1) is 0 Å². The van der Waals surface area contributed by atoms with Gasteiger partial charge in [-0.3, -0.25) is 4.72 Å². The minimum Gasteiger partial charge on any atom is -0.317 e. The Hall–Kier alpha value is -2.79. The van der Waals surface area contributed by atoms with Crippen LogP contribution in [0.3, 0.4) is 0 Å². The fraction of sp³-hybridized carbons (Fsp3) is 0.0526. The van der Waals surface area contributed by atoms with E-state index in [1.165, 1.54) is 0 Å². The third-order valence-electron chi connectivity index (χ3n) is 4.12. The van der Waals surface area contributed by atoms with E-state index in [1.807, 2.05) is 53.9 Å². The average molecular weight is 336 g/mol. The zero-order chi connectivity index (χ0) is 16.7. The van der Waals surface area contributed by atoms with Crippen molar-refractivity contribution < 1.29 is 8.42 Å². The number of aromatic nitrogens is 1. The highest BCUT2D eigenvalue weighted by molar-refractivity contribution is 7.92. The second kappa shape index (κ2) is 5.39. The van der Waals surface area contributed by atoms with Crippen molar-refractivity contribution in [2.45, 2.75) is 11.8 Å². The molecular weight excluding hydrogens is 320 g/mol. The second-order valence-electron chi connectivity index (χ2n) is 5.79. The van der Waals surface area contributed by atoms with Crippen molar-refractivity contribution in [2.24, 2.45) is 0 Å². The van der Waals surface area contributed by atoms with Crippen LogP contribution in [-0.2, 0) is 10.0 Å². The lowest BCUT2D eigenvalue weighted by Crippen LogP contribution is -2.13. The highest BCUT2D eigenvalue weighted by Crippen LogP contribution is 2.27. The van der Waals surface area contributed by atoms with Crippen molar-refractivity contribution in [1.29, 1.82) is 0 Å². The minimum absolute atomic E-state index is 0.257. The van der Waals surface area contributed by atoms with E-state index in [1.54, 1.807) is 30.3 Å². The molecule has 0 saturated carbocycles. The Morgan fingerprint density at radius 1 is 0.875 bits per heavy atom. The summed E-state index contributed by atoms with van der Waals surface area (Å²) in [6.45, 7) is 1.93. The van der Waals surface area contributed by atoms with Crippen LogP contribution in [0, 0.1) is 6.92 Å². The monoisotopic (exact) mass is 336 g/mol. The fourth-order valence-corrected chi connectivity index (χ4v) is 3.95. The van der Waals surface area contributed by atoms with Crippen molar-refractivity contribution in [3.05, 3.63) is 78.5 Å². The molecule has 0 saturated heterocycles. The summed E-state index contributed by atoms with van der Waals surface area (Å²) in [5.74, 6) is 0. The molecule has 0 radical (unpaired) electrons. The van der Waals surface area contributed by atoms with E-state index in [0.29, 0.717) is 5.69 Å². The fourth-order valence-electron chi connectivity index (χ4n) is 2.87. The molecule has 4 nitrogen and oxygen atoms in total. The Kier molecular flexibility index (Phi) is 3.32. The molecule has 2 heterocycles. The van der Waals surface area contributed by atoms with Crippen LogP contribution in [0.5, 0.6) is 0 Å². The Morgan fingerprint density at radius 3 is 2.46 bits per heavy atom. The summed E-state index contributed by atoms with van der Waals surface area (Å²) in [7, 11) is -3.62. The van der Waals surface area contributed by atoms with Gasteiger partial charge in [0, 0.05) is 17.1 Å². The van der Waals surface area contributed by atoms with E-state index in [4.69, 9.17) is 0 Å². The number of pyridine rings is 1. The van der Waals surface area contributed by atoms with Gasteiger partial charge >= 0.3 is 0 Å². The quantitative estimate of drug-likeness (QED) is 0.609. The number of fused-ring (bicyclic) bond motifs is 3. The van der Waals surface area contributed by atoms with Gasteiger partial charge in [-0.25, -0.2) is 8.42 Å². The summed E-state index contributed by atoms with van der Waals surface area (Å²) in [6.07, 6.45) is 1.97. The first-order valence-corrected chi connectivity index (χ1v) is 9.11. The first-order valence-electron chi connectivity index (χ1n) is 7.63. The first kappa shape index (κ1) is 14.8. The lowest BCUT2D eigenvalue weighted by Gasteiger charge is -2.12. The molecule has 1 N–H and O–H groups in total. The molecule has 0 amide bonds. The second-order valence-corrected chi connectivity index (χ2v) is 7.48. The molecule has 0 aliphatic rings. The van der Waals surface area contributed by atoms with Crippen molar-refractivity contribution in [1.82, 2.24) is 4.40 Å². The first-order chi connectivity index (χ1) is 11.5. The molecule has 5 heteroatoms. The van der Waals surface area contributed by atoms with Gasteiger partial charge in [-0.1, -0.05) is 23.8 Å². The largest absolute Gasteiger partial charge is 0.317 e. The molecule has 0 bridgehead atoms. The van der Waals surface area contributed by atoms with E-state index in [0.717, 1.165) is 22.0 Å². The summed E-state index contributed by atoms with van der Waals surface area (Å²) in [5.41, 5.74) is 3.63. The van der Waals surface area contributed by atoms with Crippen LogP contribution in [0.2, 0.25) is 0 Å². The Bertz CT molecular complexity index is 1140. The number of hydrogen-bond acceptors (Lipinski definition) is 2. The highest BCUT2D eigenvalue weighted by Gasteiger charge is 2.15. The van der Waals surface area contributed by atoms with Crippen LogP contribution in [0.15, 0.2) is 77.8 Å². The molecule has 0 spiro atoms. The van der Waals surface area contributed by atoms with Crippen LogP contribution < -0.4 is 4.72 Å². The summed E-state index contributed by atoms with van der Waals surface area (Å²) >= 11 is 0. The van der Waals surface area contributed by atoms with Gasteiger partial charge in [0.25, 0.3) is 10.0 Å². The van der Waals surface area contributed by atoms with Crippen molar-refractivity contribution >= 4 is 32.1 Å². The van der Waals surface area contributed by atoms with Gasteiger partial charge in [0.15, 0.2) is 0 Å². The molecule has 0 atom stereocenters. The third-order valence-corrected chi connectivity index (χ3v) is 5.50. The van der Waals surface area contributed by atoms with Crippen LogP contribution in [-0.4, -0.2) is 12.8 Å². The molecule has 0 unspecified atom stereocenters. The minimum atomic E-state index is -3.62. The Labute approximate surface area is 140 Å². The van der Waals surface area contributed by atoms with E-state index in [-0.39, 0.29) is 4.90 Å². The van der Waals surface area contributed by atoms with Crippen LogP contribution in [0.1, 0.15) is 5.56 Å². The maximum atomic E-state index is 12.7. The lowest BCUT2D eigenvalue weighted by atomic mass is 10.2. The molecule has 4 aromatic rings. The number of sulfonamides is 1. The maximum Gasteiger partial charge on any atom is 0.261 e. The van der Waals surface area contributed by atoms with Crippen LogP contribution in [0.4, 0.5) is 5.69 Å². The predicted molar refractivity (Wildman–Crippen MR) is 96.9 cm³/mol. The third kappa shape index (κ3) is 2.43. The number of aryl methyl sites for hydroxylation is 1. The summed E-state index contributed by atoms with van der Waals surface area (Å²) in [5, 5.41) is 0.858. The normalized spacial score (nSPS) is 11.9. The van der Waals surface area contributed by atoms with Crippen molar-refractivity contribution in [2.75, 3.05) is 4.72 Å². The lowest BCUT2D eigenvalue weighted by molar-refractivity contribution is 0.601.